The van der Waals surface area contributed by atoms with Gasteiger partial charge >= 0.3 is 0 Å². The molecule has 2 N–H and O–H groups in total. The van der Waals surface area contributed by atoms with Crippen molar-refractivity contribution in [2.45, 2.75) is 26.2 Å². The molecular weight excluding hydrogens is 304 g/mol. The predicted octanol–water partition coefficient (Wildman–Crippen LogP) is 2.67. The molecule has 0 spiro atoms. The van der Waals surface area contributed by atoms with Crippen LogP contribution in [0.5, 0.6) is 5.75 Å². The first-order valence-corrected chi connectivity index (χ1v) is 8.21. The zero-order valence-electron chi connectivity index (χ0n) is 14.2. The van der Waals surface area contributed by atoms with Gasteiger partial charge in [0.2, 0.25) is 5.95 Å². The number of unbranched alkanes of at least 4 members (excludes halogenated alkanes) is 1. The fourth-order valence-electron chi connectivity index (χ4n) is 2.15. The van der Waals surface area contributed by atoms with Crippen LogP contribution in [0.3, 0.4) is 0 Å². The van der Waals surface area contributed by atoms with Crippen molar-refractivity contribution < 1.29 is 9.53 Å². The van der Waals surface area contributed by atoms with Crippen LogP contribution < -0.4 is 15.4 Å². The average Bonchev–Trinajstić information content (AvgIpc) is 2.63. The molecule has 0 atom stereocenters. The first-order valence-electron chi connectivity index (χ1n) is 8.21. The van der Waals surface area contributed by atoms with Crippen LogP contribution in [0.4, 0.5) is 5.95 Å². The maximum absolute atomic E-state index is 12.2. The molecule has 0 aliphatic heterocycles. The molecule has 0 saturated carbocycles. The standard InChI is InChI=1S/C18H24N4O2/c1-3-4-11-20-18-21-13-10-16(22-18)17(23)19-12-9-14-5-7-15(24-2)8-6-14/h5-8,10,13H,3-4,9,11-12H2,1-2H3,(H,19,23)(H,20,21,22). The van der Waals surface area contributed by atoms with Crippen LogP contribution in [0, 0.1) is 0 Å². The molecule has 1 amide bonds. The molecule has 24 heavy (non-hydrogen) atoms. The van der Waals surface area contributed by atoms with Gasteiger partial charge in [-0.25, -0.2) is 9.97 Å². The SMILES string of the molecule is CCCCNc1nccc(C(=O)NCCc2ccc(OC)cc2)n1. The van der Waals surface area contributed by atoms with Gasteiger partial charge in [0, 0.05) is 19.3 Å². The molecule has 2 aromatic rings. The van der Waals surface area contributed by atoms with E-state index in [-0.39, 0.29) is 5.91 Å². The lowest BCUT2D eigenvalue weighted by atomic mass is 10.1. The van der Waals surface area contributed by atoms with E-state index in [2.05, 4.69) is 27.5 Å². The van der Waals surface area contributed by atoms with Crippen LogP contribution in [0.2, 0.25) is 0 Å². The molecule has 2 rings (SSSR count). The maximum atomic E-state index is 12.2. The van der Waals surface area contributed by atoms with E-state index in [1.165, 1.54) is 0 Å². The monoisotopic (exact) mass is 328 g/mol. The molecule has 128 valence electrons. The summed E-state index contributed by atoms with van der Waals surface area (Å²) in [6.07, 6.45) is 4.49. The van der Waals surface area contributed by atoms with Crippen molar-refractivity contribution in [1.29, 1.82) is 0 Å². The number of rotatable bonds is 9. The normalized spacial score (nSPS) is 10.2. The van der Waals surface area contributed by atoms with E-state index in [9.17, 15) is 4.79 Å². The summed E-state index contributed by atoms with van der Waals surface area (Å²) in [5.74, 6) is 1.13. The highest BCUT2D eigenvalue weighted by Gasteiger charge is 2.08. The molecule has 0 unspecified atom stereocenters. The summed E-state index contributed by atoms with van der Waals surface area (Å²) in [5.41, 5.74) is 1.51. The van der Waals surface area contributed by atoms with Crippen LogP contribution in [0.15, 0.2) is 36.5 Å². The summed E-state index contributed by atoms with van der Waals surface area (Å²) >= 11 is 0. The lowest BCUT2D eigenvalue weighted by Gasteiger charge is -2.07. The zero-order valence-corrected chi connectivity index (χ0v) is 14.2. The minimum atomic E-state index is -0.190. The third-order valence-electron chi connectivity index (χ3n) is 3.56. The molecule has 0 fully saturated rings. The molecule has 6 nitrogen and oxygen atoms in total. The second-order valence-corrected chi connectivity index (χ2v) is 5.40. The molecular formula is C18H24N4O2. The van der Waals surface area contributed by atoms with Gasteiger partial charge in [0.1, 0.15) is 11.4 Å². The molecule has 0 aliphatic carbocycles. The van der Waals surface area contributed by atoms with Gasteiger partial charge in [-0.1, -0.05) is 25.5 Å². The van der Waals surface area contributed by atoms with E-state index >= 15 is 0 Å². The largest absolute Gasteiger partial charge is 0.497 e. The smallest absolute Gasteiger partial charge is 0.270 e. The number of anilines is 1. The number of aromatic nitrogens is 2. The van der Waals surface area contributed by atoms with Crippen LogP contribution in [0.25, 0.3) is 0 Å². The number of methoxy groups -OCH3 is 1. The Morgan fingerprint density at radius 1 is 1.17 bits per heavy atom. The molecule has 0 saturated heterocycles. The minimum Gasteiger partial charge on any atom is -0.497 e. The number of carbonyl (C=O) groups excluding carboxylic acids is 1. The number of carbonyl (C=O) groups is 1. The van der Waals surface area contributed by atoms with Crippen LogP contribution >= 0.6 is 0 Å². The van der Waals surface area contributed by atoms with Gasteiger partial charge in [-0.05, 0) is 36.6 Å². The number of benzene rings is 1. The Morgan fingerprint density at radius 2 is 1.96 bits per heavy atom. The van der Waals surface area contributed by atoms with Crippen molar-refractivity contribution in [3.63, 3.8) is 0 Å². The molecule has 6 heteroatoms. The Morgan fingerprint density at radius 3 is 2.67 bits per heavy atom. The molecule has 0 aliphatic rings. The third kappa shape index (κ3) is 5.53. The minimum absolute atomic E-state index is 0.190. The Balaban J connectivity index is 1.82. The zero-order chi connectivity index (χ0) is 17.2. The van der Waals surface area contributed by atoms with Gasteiger partial charge in [0.25, 0.3) is 5.91 Å². The molecule has 0 bridgehead atoms. The highest BCUT2D eigenvalue weighted by atomic mass is 16.5. The topological polar surface area (TPSA) is 76.1 Å². The second-order valence-electron chi connectivity index (χ2n) is 5.40. The maximum Gasteiger partial charge on any atom is 0.270 e. The van der Waals surface area contributed by atoms with Crippen LogP contribution in [-0.4, -0.2) is 36.1 Å². The lowest BCUT2D eigenvalue weighted by molar-refractivity contribution is 0.0949. The van der Waals surface area contributed by atoms with Gasteiger partial charge in [-0.15, -0.1) is 0 Å². The van der Waals surface area contributed by atoms with E-state index in [0.717, 1.165) is 37.1 Å². The Hall–Kier alpha value is -2.63. The second kappa shape index (κ2) is 9.50. The van der Waals surface area contributed by atoms with Crippen molar-refractivity contribution in [1.82, 2.24) is 15.3 Å². The van der Waals surface area contributed by atoms with Crippen molar-refractivity contribution in [2.75, 3.05) is 25.5 Å². The number of hydrogen-bond acceptors (Lipinski definition) is 5. The van der Waals surface area contributed by atoms with Crippen molar-refractivity contribution in [3.8, 4) is 5.75 Å². The highest BCUT2D eigenvalue weighted by Crippen LogP contribution is 2.11. The first kappa shape index (κ1) is 17.7. The quantitative estimate of drug-likeness (QED) is 0.692. The lowest BCUT2D eigenvalue weighted by Crippen LogP contribution is -2.27. The van der Waals surface area contributed by atoms with Crippen molar-refractivity contribution in [2.24, 2.45) is 0 Å². The van der Waals surface area contributed by atoms with Gasteiger partial charge < -0.3 is 15.4 Å². The highest BCUT2D eigenvalue weighted by molar-refractivity contribution is 5.92. The molecule has 1 heterocycles. The summed E-state index contributed by atoms with van der Waals surface area (Å²) in [7, 11) is 1.64. The van der Waals surface area contributed by atoms with E-state index in [1.807, 2.05) is 24.3 Å². The predicted molar refractivity (Wildman–Crippen MR) is 94.5 cm³/mol. The van der Waals surface area contributed by atoms with E-state index in [0.29, 0.717) is 18.2 Å². The van der Waals surface area contributed by atoms with Gasteiger partial charge in [-0.2, -0.15) is 0 Å². The van der Waals surface area contributed by atoms with Crippen LogP contribution in [0.1, 0.15) is 35.8 Å². The summed E-state index contributed by atoms with van der Waals surface area (Å²) < 4.78 is 5.13. The number of nitrogens with zero attached hydrogens (tertiary/aromatic N) is 2. The summed E-state index contributed by atoms with van der Waals surface area (Å²) in [6.45, 7) is 3.47. The molecule has 1 aromatic heterocycles. The number of nitrogens with one attached hydrogen (secondary N) is 2. The Kier molecular flexibility index (Phi) is 7.01. The number of amides is 1. The van der Waals surface area contributed by atoms with Crippen molar-refractivity contribution >= 4 is 11.9 Å². The third-order valence-corrected chi connectivity index (χ3v) is 3.56. The van der Waals surface area contributed by atoms with Crippen LogP contribution in [-0.2, 0) is 6.42 Å². The molecule has 1 aromatic carbocycles. The summed E-state index contributed by atoms with van der Waals surface area (Å²) in [4.78, 5) is 20.5. The number of hydrogen-bond donors (Lipinski definition) is 2. The summed E-state index contributed by atoms with van der Waals surface area (Å²) in [5, 5.41) is 6.00. The van der Waals surface area contributed by atoms with Gasteiger partial charge in [0.15, 0.2) is 0 Å². The van der Waals surface area contributed by atoms with E-state index in [1.54, 1.807) is 19.4 Å². The fourth-order valence-corrected chi connectivity index (χ4v) is 2.15. The average molecular weight is 328 g/mol. The van der Waals surface area contributed by atoms with Gasteiger partial charge in [0.05, 0.1) is 7.11 Å². The Bertz CT molecular complexity index is 644. The fraction of sp³-hybridized carbons (Fsp3) is 0.389. The van der Waals surface area contributed by atoms with E-state index < -0.39 is 0 Å². The van der Waals surface area contributed by atoms with Gasteiger partial charge in [-0.3, -0.25) is 4.79 Å². The molecule has 0 radical (unpaired) electrons. The summed E-state index contributed by atoms with van der Waals surface area (Å²) in [6, 6.07) is 9.43. The van der Waals surface area contributed by atoms with E-state index in [4.69, 9.17) is 4.74 Å². The van der Waals surface area contributed by atoms with Crippen molar-refractivity contribution in [3.05, 3.63) is 47.8 Å². The first-order chi connectivity index (χ1) is 11.7. The number of ether oxygens (including phenoxy) is 1. The Labute approximate surface area is 142 Å².